The number of carbonyl (C=O) groups is 1. The number of rotatable bonds is 5. The first-order valence-electron chi connectivity index (χ1n) is 9.16. The lowest BCUT2D eigenvalue weighted by atomic mass is 10.2. The van der Waals surface area contributed by atoms with E-state index in [4.69, 9.17) is 5.73 Å². The van der Waals surface area contributed by atoms with E-state index >= 15 is 0 Å². The molecule has 1 amide bonds. The lowest BCUT2D eigenvalue weighted by molar-refractivity contribution is -0.117. The maximum Gasteiger partial charge on any atom is 0.290 e. The molecular formula is C20H21N5O2S. The average molecular weight is 395 g/mol. The van der Waals surface area contributed by atoms with E-state index in [2.05, 4.69) is 15.3 Å². The number of nitrogens with two attached hydrogens (primary N) is 1. The van der Waals surface area contributed by atoms with Gasteiger partial charge in [0.2, 0.25) is 5.91 Å². The van der Waals surface area contributed by atoms with Crippen LogP contribution in [0.25, 0.3) is 10.6 Å². The molecule has 4 rings (SSSR count). The molecule has 0 spiro atoms. The Kier molecular flexibility index (Phi) is 5.12. The summed E-state index contributed by atoms with van der Waals surface area (Å²) in [5.41, 5.74) is 7.84. The Labute approximate surface area is 166 Å². The van der Waals surface area contributed by atoms with E-state index in [9.17, 15) is 9.59 Å². The van der Waals surface area contributed by atoms with Crippen LogP contribution >= 0.6 is 11.3 Å². The Morgan fingerprint density at radius 2 is 1.93 bits per heavy atom. The second-order valence-corrected chi connectivity index (χ2v) is 7.66. The lowest BCUT2D eigenvalue weighted by Crippen LogP contribution is -2.31. The molecule has 1 fully saturated rings. The highest BCUT2D eigenvalue weighted by Gasteiger charge is 2.14. The van der Waals surface area contributed by atoms with Crippen LogP contribution in [0, 0.1) is 0 Å². The molecule has 3 aromatic rings. The minimum Gasteiger partial charge on any atom is -0.394 e. The number of nitrogens with one attached hydrogen (secondary N) is 1. The van der Waals surface area contributed by atoms with Crippen LogP contribution in [0.1, 0.15) is 12.8 Å². The summed E-state index contributed by atoms with van der Waals surface area (Å²) in [6.45, 7) is 1.95. The molecule has 0 saturated carbocycles. The highest BCUT2D eigenvalue weighted by atomic mass is 32.1. The molecule has 3 heterocycles. The highest BCUT2D eigenvalue weighted by Crippen LogP contribution is 2.23. The Morgan fingerprint density at radius 3 is 2.61 bits per heavy atom. The van der Waals surface area contributed by atoms with Crippen molar-refractivity contribution >= 4 is 34.3 Å². The maximum atomic E-state index is 12.4. The number of amides is 1. The van der Waals surface area contributed by atoms with Crippen molar-refractivity contribution in [1.82, 2.24) is 9.78 Å². The van der Waals surface area contributed by atoms with Crippen LogP contribution < -0.4 is 21.5 Å². The third-order valence-electron chi connectivity index (χ3n) is 4.69. The fourth-order valence-electron chi connectivity index (χ4n) is 3.28. The normalized spacial score (nSPS) is 13.6. The maximum absolute atomic E-state index is 12.4. The fraction of sp³-hybridized carbons (Fsp3) is 0.250. The van der Waals surface area contributed by atoms with Gasteiger partial charge in [0.25, 0.3) is 5.56 Å². The van der Waals surface area contributed by atoms with Gasteiger partial charge in [-0.2, -0.15) is 5.10 Å². The van der Waals surface area contributed by atoms with E-state index in [1.807, 2.05) is 41.8 Å². The van der Waals surface area contributed by atoms with Crippen molar-refractivity contribution in [3.63, 3.8) is 0 Å². The van der Waals surface area contributed by atoms with Crippen LogP contribution in [0.5, 0.6) is 0 Å². The van der Waals surface area contributed by atoms with Gasteiger partial charge in [0.15, 0.2) is 0 Å². The van der Waals surface area contributed by atoms with Crippen LogP contribution in [0.2, 0.25) is 0 Å². The molecule has 0 aliphatic carbocycles. The number of nitrogens with zero attached hydrogens (tertiary/aromatic N) is 3. The van der Waals surface area contributed by atoms with Gasteiger partial charge in [-0.1, -0.05) is 6.07 Å². The molecule has 7 nitrogen and oxygen atoms in total. The summed E-state index contributed by atoms with van der Waals surface area (Å²) in [6, 6.07) is 13.1. The molecule has 28 heavy (non-hydrogen) atoms. The summed E-state index contributed by atoms with van der Waals surface area (Å²) >= 11 is 1.49. The van der Waals surface area contributed by atoms with E-state index in [0.29, 0.717) is 11.4 Å². The summed E-state index contributed by atoms with van der Waals surface area (Å²) in [4.78, 5) is 27.9. The zero-order valence-electron chi connectivity index (χ0n) is 15.3. The number of anilines is 3. The van der Waals surface area contributed by atoms with Gasteiger partial charge in [-0.05, 0) is 54.6 Å². The largest absolute Gasteiger partial charge is 0.394 e. The fourth-order valence-corrected chi connectivity index (χ4v) is 3.96. The van der Waals surface area contributed by atoms with Gasteiger partial charge in [0, 0.05) is 24.5 Å². The standard InChI is InChI=1S/C20H21N5O2S/c21-16-12-17(18-4-3-11-28-18)23-25(20(16)27)13-19(26)22-14-5-7-15(8-6-14)24-9-1-2-10-24/h3-8,11-12H,1-2,9-10,13,21H2,(H,22,26). The summed E-state index contributed by atoms with van der Waals surface area (Å²) in [5.74, 6) is -0.328. The smallest absolute Gasteiger partial charge is 0.290 e. The number of nitrogen functional groups attached to an aromatic ring is 1. The molecule has 1 aromatic carbocycles. The van der Waals surface area contributed by atoms with Gasteiger partial charge < -0.3 is 16.0 Å². The Morgan fingerprint density at radius 1 is 1.18 bits per heavy atom. The van der Waals surface area contributed by atoms with E-state index in [1.165, 1.54) is 24.2 Å². The van der Waals surface area contributed by atoms with Crippen LogP contribution in [0.15, 0.2) is 52.6 Å². The number of carbonyl (C=O) groups excluding carboxylic acids is 1. The number of hydrogen-bond donors (Lipinski definition) is 2. The lowest BCUT2D eigenvalue weighted by Gasteiger charge is -2.17. The number of benzene rings is 1. The molecule has 8 heteroatoms. The van der Waals surface area contributed by atoms with Crippen LogP contribution in [0.3, 0.4) is 0 Å². The SMILES string of the molecule is Nc1cc(-c2cccs2)nn(CC(=O)Nc2ccc(N3CCCC3)cc2)c1=O. The number of hydrogen-bond acceptors (Lipinski definition) is 6. The quantitative estimate of drug-likeness (QED) is 0.693. The molecule has 3 N–H and O–H groups in total. The summed E-state index contributed by atoms with van der Waals surface area (Å²) in [7, 11) is 0. The molecule has 1 aliphatic rings. The van der Waals surface area contributed by atoms with Crippen LogP contribution in [0.4, 0.5) is 17.1 Å². The summed E-state index contributed by atoms with van der Waals surface area (Å²) < 4.78 is 1.11. The first-order valence-corrected chi connectivity index (χ1v) is 10.0. The van der Waals surface area contributed by atoms with Gasteiger partial charge in [-0.15, -0.1) is 11.3 Å². The zero-order chi connectivity index (χ0) is 19.5. The van der Waals surface area contributed by atoms with E-state index in [0.717, 1.165) is 28.3 Å². The summed E-state index contributed by atoms with van der Waals surface area (Å²) in [6.07, 6.45) is 2.43. The Hall–Kier alpha value is -3.13. The molecule has 2 aromatic heterocycles. The molecule has 0 atom stereocenters. The minimum atomic E-state index is -0.472. The Balaban J connectivity index is 1.47. The van der Waals surface area contributed by atoms with Crippen molar-refractivity contribution in [1.29, 1.82) is 0 Å². The monoisotopic (exact) mass is 395 g/mol. The molecule has 0 bridgehead atoms. The minimum absolute atomic E-state index is 0.0705. The number of aromatic nitrogens is 2. The zero-order valence-corrected chi connectivity index (χ0v) is 16.1. The van der Waals surface area contributed by atoms with Gasteiger partial charge in [0.1, 0.15) is 17.9 Å². The van der Waals surface area contributed by atoms with E-state index in [-0.39, 0.29) is 18.1 Å². The topological polar surface area (TPSA) is 93.2 Å². The Bertz CT molecular complexity index is 1020. The van der Waals surface area contributed by atoms with Crippen molar-refractivity contribution in [2.75, 3.05) is 29.0 Å². The molecule has 0 radical (unpaired) electrons. The molecule has 144 valence electrons. The predicted octanol–water partition coefficient (Wildman–Crippen LogP) is 2.79. The van der Waals surface area contributed by atoms with E-state index < -0.39 is 5.56 Å². The number of thiophene rings is 1. The van der Waals surface area contributed by atoms with Crippen LogP contribution in [-0.4, -0.2) is 28.8 Å². The van der Waals surface area contributed by atoms with Gasteiger partial charge in [0.05, 0.1) is 4.88 Å². The predicted molar refractivity (Wildman–Crippen MR) is 113 cm³/mol. The van der Waals surface area contributed by atoms with Gasteiger partial charge in [-0.25, -0.2) is 4.68 Å². The van der Waals surface area contributed by atoms with Crippen molar-refractivity contribution in [2.24, 2.45) is 0 Å². The first kappa shape index (κ1) is 18.2. The van der Waals surface area contributed by atoms with Crippen molar-refractivity contribution in [3.05, 3.63) is 58.2 Å². The molecule has 1 saturated heterocycles. The molecule has 0 unspecified atom stereocenters. The average Bonchev–Trinajstić information content (AvgIpc) is 3.39. The van der Waals surface area contributed by atoms with Gasteiger partial charge in [-0.3, -0.25) is 9.59 Å². The molecular weight excluding hydrogens is 374 g/mol. The van der Waals surface area contributed by atoms with Crippen molar-refractivity contribution < 1.29 is 4.79 Å². The highest BCUT2D eigenvalue weighted by molar-refractivity contribution is 7.13. The third kappa shape index (κ3) is 3.91. The second kappa shape index (κ2) is 7.85. The second-order valence-electron chi connectivity index (χ2n) is 6.71. The third-order valence-corrected chi connectivity index (χ3v) is 5.58. The van der Waals surface area contributed by atoms with Crippen molar-refractivity contribution in [2.45, 2.75) is 19.4 Å². The van der Waals surface area contributed by atoms with Crippen LogP contribution in [-0.2, 0) is 11.3 Å². The summed E-state index contributed by atoms with van der Waals surface area (Å²) in [5, 5.41) is 9.02. The first-order chi connectivity index (χ1) is 13.6. The van der Waals surface area contributed by atoms with Crippen molar-refractivity contribution in [3.8, 4) is 10.6 Å². The molecule has 1 aliphatic heterocycles. The van der Waals surface area contributed by atoms with E-state index in [1.54, 1.807) is 6.07 Å². The van der Waals surface area contributed by atoms with Gasteiger partial charge >= 0.3 is 0 Å².